The van der Waals surface area contributed by atoms with Crippen molar-refractivity contribution in [3.05, 3.63) is 0 Å². The van der Waals surface area contributed by atoms with E-state index in [1.165, 1.54) is 12.8 Å². The number of ether oxygens (including phenoxy) is 1. The van der Waals surface area contributed by atoms with E-state index < -0.39 is 0 Å². The average Bonchev–Trinajstić information content (AvgIpc) is 2.18. The van der Waals surface area contributed by atoms with E-state index in [1.807, 2.05) is 0 Å². The fourth-order valence-corrected chi connectivity index (χ4v) is 2.19. The second-order valence-corrected chi connectivity index (χ2v) is 4.86. The van der Waals surface area contributed by atoms with Crippen molar-refractivity contribution in [2.75, 3.05) is 26.8 Å². The third-order valence-electron chi connectivity index (χ3n) is 2.86. The van der Waals surface area contributed by atoms with Gasteiger partial charge in [-0.3, -0.25) is 0 Å². The van der Waals surface area contributed by atoms with Crippen LogP contribution in [0.25, 0.3) is 0 Å². The van der Waals surface area contributed by atoms with Gasteiger partial charge in [-0.05, 0) is 37.9 Å². The highest BCUT2D eigenvalue weighted by molar-refractivity contribution is 7.80. The molecule has 0 bridgehead atoms. The molecule has 88 valence electrons. The van der Waals surface area contributed by atoms with Gasteiger partial charge in [-0.2, -0.15) is 0 Å². The fraction of sp³-hybridized carbons (Fsp3) is 0.909. The predicted octanol–water partition coefficient (Wildman–Crippen LogP) is 1.63. The third-order valence-corrected chi connectivity index (χ3v) is 3.23. The first-order valence-electron chi connectivity index (χ1n) is 5.68. The number of hydrogen-bond donors (Lipinski definition) is 1. The molecule has 0 spiro atoms. The van der Waals surface area contributed by atoms with Crippen molar-refractivity contribution in [3.63, 3.8) is 0 Å². The molecule has 0 amide bonds. The van der Waals surface area contributed by atoms with Gasteiger partial charge in [0, 0.05) is 26.2 Å². The average molecular weight is 230 g/mol. The van der Waals surface area contributed by atoms with Crippen LogP contribution >= 0.6 is 12.2 Å². The fourth-order valence-electron chi connectivity index (χ4n) is 1.81. The van der Waals surface area contributed by atoms with Gasteiger partial charge in [0.2, 0.25) is 0 Å². The largest absolute Gasteiger partial charge is 0.383 e. The lowest BCUT2D eigenvalue weighted by molar-refractivity contribution is 0.176. The van der Waals surface area contributed by atoms with Gasteiger partial charge in [0.25, 0.3) is 0 Å². The van der Waals surface area contributed by atoms with Crippen LogP contribution in [0.2, 0.25) is 0 Å². The molecule has 1 fully saturated rings. The van der Waals surface area contributed by atoms with Crippen LogP contribution < -0.4 is 5.32 Å². The maximum atomic E-state index is 5.36. The molecular formula is C11H22N2OS. The SMILES string of the molecule is COCC(C)NC(=S)N1CCC(C)CC1. The van der Waals surface area contributed by atoms with E-state index in [0.29, 0.717) is 12.6 Å². The zero-order valence-corrected chi connectivity index (χ0v) is 10.8. The van der Waals surface area contributed by atoms with Crippen LogP contribution in [0.5, 0.6) is 0 Å². The molecule has 3 nitrogen and oxygen atoms in total. The number of nitrogens with zero attached hydrogens (tertiary/aromatic N) is 1. The summed E-state index contributed by atoms with van der Waals surface area (Å²) in [5.41, 5.74) is 0. The molecule has 0 aliphatic carbocycles. The molecule has 4 heteroatoms. The molecule has 0 radical (unpaired) electrons. The first-order valence-corrected chi connectivity index (χ1v) is 6.08. The summed E-state index contributed by atoms with van der Waals surface area (Å²) in [7, 11) is 1.71. The molecule has 1 atom stereocenters. The molecule has 0 aromatic rings. The molecule has 1 aliphatic rings. The maximum Gasteiger partial charge on any atom is 0.169 e. The van der Waals surface area contributed by atoms with Gasteiger partial charge in [0.05, 0.1) is 6.61 Å². The van der Waals surface area contributed by atoms with E-state index in [-0.39, 0.29) is 0 Å². The van der Waals surface area contributed by atoms with Gasteiger partial charge < -0.3 is 15.0 Å². The Balaban J connectivity index is 2.27. The van der Waals surface area contributed by atoms with Crippen LogP contribution in [0.1, 0.15) is 26.7 Å². The van der Waals surface area contributed by atoms with Gasteiger partial charge in [0.1, 0.15) is 0 Å². The standard InChI is InChI=1S/C11H22N2OS/c1-9-4-6-13(7-5-9)11(15)12-10(2)8-14-3/h9-10H,4-8H2,1-3H3,(H,12,15). The number of rotatable bonds is 3. The molecule has 1 N–H and O–H groups in total. The minimum atomic E-state index is 0.293. The van der Waals surface area contributed by atoms with Crippen molar-refractivity contribution in [1.29, 1.82) is 0 Å². The Kier molecular flexibility index (Phi) is 5.32. The molecule has 15 heavy (non-hydrogen) atoms. The third kappa shape index (κ3) is 4.34. The van der Waals surface area contributed by atoms with E-state index in [2.05, 4.69) is 24.1 Å². The topological polar surface area (TPSA) is 24.5 Å². The maximum absolute atomic E-state index is 5.36. The van der Waals surface area contributed by atoms with Gasteiger partial charge in [0.15, 0.2) is 5.11 Å². The van der Waals surface area contributed by atoms with Crippen molar-refractivity contribution in [2.45, 2.75) is 32.7 Å². The molecule has 1 aliphatic heterocycles. The Morgan fingerprint density at radius 1 is 1.53 bits per heavy atom. The van der Waals surface area contributed by atoms with Gasteiger partial charge in [-0.1, -0.05) is 6.92 Å². The van der Waals surface area contributed by atoms with Crippen molar-refractivity contribution in [2.24, 2.45) is 5.92 Å². The Labute approximate surface area is 98.2 Å². The molecule has 1 heterocycles. The lowest BCUT2D eigenvalue weighted by Gasteiger charge is -2.33. The highest BCUT2D eigenvalue weighted by Crippen LogP contribution is 2.15. The summed E-state index contributed by atoms with van der Waals surface area (Å²) < 4.78 is 5.07. The zero-order chi connectivity index (χ0) is 11.3. The normalized spacial score (nSPS) is 20.1. The predicted molar refractivity (Wildman–Crippen MR) is 67.0 cm³/mol. The van der Waals surface area contributed by atoms with E-state index in [0.717, 1.165) is 24.1 Å². The Morgan fingerprint density at radius 2 is 2.13 bits per heavy atom. The Hall–Kier alpha value is -0.350. The highest BCUT2D eigenvalue weighted by Gasteiger charge is 2.18. The highest BCUT2D eigenvalue weighted by atomic mass is 32.1. The summed E-state index contributed by atoms with van der Waals surface area (Å²) in [6.07, 6.45) is 2.50. The monoisotopic (exact) mass is 230 g/mol. The molecule has 1 rings (SSSR count). The quantitative estimate of drug-likeness (QED) is 0.745. The van der Waals surface area contributed by atoms with Crippen molar-refractivity contribution in [1.82, 2.24) is 10.2 Å². The summed E-state index contributed by atoms with van der Waals surface area (Å²) in [5, 5.41) is 4.18. The molecule has 1 unspecified atom stereocenters. The summed E-state index contributed by atoms with van der Waals surface area (Å²) in [6, 6.07) is 0.293. The van der Waals surface area contributed by atoms with Gasteiger partial charge in [-0.15, -0.1) is 0 Å². The number of methoxy groups -OCH3 is 1. The van der Waals surface area contributed by atoms with Crippen molar-refractivity contribution in [3.8, 4) is 0 Å². The second kappa shape index (κ2) is 6.28. The summed E-state index contributed by atoms with van der Waals surface area (Å²) in [4.78, 5) is 2.27. The zero-order valence-electron chi connectivity index (χ0n) is 9.95. The summed E-state index contributed by atoms with van der Waals surface area (Å²) in [5.74, 6) is 0.848. The van der Waals surface area contributed by atoms with E-state index >= 15 is 0 Å². The first kappa shape index (κ1) is 12.7. The lowest BCUT2D eigenvalue weighted by Crippen LogP contribution is -2.47. The minimum Gasteiger partial charge on any atom is -0.383 e. The van der Waals surface area contributed by atoms with Crippen molar-refractivity contribution >= 4 is 17.3 Å². The van der Waals surface area contributed by atoms with E-state index in [9.17, 15) is 0 Å². The Bertz CT molecular complexity index is 203. The van der Waals surface area contributed by atoms with E-state index in [1.54, 1.807) is 7.11 Å². The van der Waals surface area contributed by atoms with Crippen LogP contribution in [0.3, 0.4) is 0 Å². The summed E-state index contributed by atoms with van der Waals surface area (Å²) in [6.45, 7) is 7.27. The van der Waals surface area contributed by atoms with Gasteiger partial charge in [-0.25, -0.2) is 0 Å². The van der Waals surface area contributed by atoms with Crippen molar-refractivity contribution < 1.29 is 4.74 Å². The van der Waals surface area contributed by atoms with Gasteiger partial charge >= 0.3 is 0 Å². The van der Waals surface area contributed by atoms with Crippen LogP contribution in [0.4, 0.5) is 0 Å². The molecular weight excluding hydrogens is 208 g/mol. The minimum absolute atomic E-state index is 0.293. The number of likely N-dealkylation sites (tertiary alicyclic amines) is 1. The number of thiocarbonyl (C=S) groups is 1. The van der Waals surface area contributed by atoms with Crippen LogP contribution in [-0.4, -0.2) is 42.9 Å². The number of hydrogen-bond acceptors (Lipinski definition) is 2. The Morgan fingerprint density at radius 3 is 2.67 bits per heavy atom. The second-order valence-electron chi connectivity index (χ2n) is 4.48. The molecule has 1 saturated heterocycles. The number of nitrogens with one attached hydrogen (secondary N) is 1. The lowest BCUT2D eigenvalue weighted by atomic mass is 10.00. The van der Waals surface area contributed by atoms with Crippen LogP contribution in [0, 0.1) is 5.92 Å². The van der Waals surface area contributed by atoms with Crippen LogP contribution in [-0.2, 0) is 4.74 Å². The summed E-state index contributed by atoms with van der Waals surface area (Å²) >= 11 is 5.36. The smallest absolute Gasteiger partial charge is 0.169 e. The molecule has 0 aromatic heterocycles. The molecule has 0 aromatic carbocycles. The van der Waals surface area contributed by atoms with E-state index in [4.69, 9.17) is 17.0 Å². The molecule has 0 saturated carbocycles. The first-order chi connectivity index (χ1) is 7.13. The number of piperidine rings is 1. The van der Waals surface area contributed by atoms with Crippen LogP contribution in [0.15, 0.2) is 0 Å².